The number of nitrogens with two attached hydrogens (primary N) is 1. The molecule has 0 radical (unpaired) electrons. The van der Waals surface area contributed by atoms with E-state index in [2.05, 4.69) is 16.8 Å². The van der Waals surface area contributed by atoms with Crippen LogP contribution >= 0.6 is 35.3 Å². The Morgan fingerprint density at radius 1 is 1.36 bits per heavy atom. The van der Waals surface area contributed by atoms with Crippen molar-refractivity contribution in [3.8, 4) is 0 Å². The van der Waals surface area contributed by atoms with Crippen molar-refractivity contribution >= 4 is 41.3 Å². The fourth-order valence-electron chi connectivity index (χ4n) is 3.28. The number of halogens is 1. The van der Waals surface area contributed by atoms with Crippen LogP contribution < -0.4 is 5.73 Å². The van der Waals surface area contributed by atoms with Crippen LogP contribution in [0.2, 0.25) is 0 Å². The number of rotatable bonds is 3. The number of thiazole rings is 1. The quantitative estimate of drug-likeness (QED) is 0.452. The number of aryl methyl sites for hydroxylation is 2. The minimum atomic E-state index is 0. The van der Waals surface area contributed by atoms with Crippen molar-refractivity contribution in [3.63, 3.8) is 0 Å². The number of hydrogen-bond donors (Lipinski definition) is 1. The van der Waals surface area contributed by atoms with E-state index in [0.29, 0.717) is 0 Å². The summed E-state index contributed by atoms with van der Waals surface area (Å²) in [5, 5.41) is 1.24. The van der Waals surface area contributed by atoms with Crippen LogP contribution in [0.1, 0.15) is 48.2 Å². The lowest BCUT2D eigenvalue weighted by atomic mass is 10.0. The molecule has 3 rings (SSSR count). The predicted octanol–water partition coefficient (Wildman–Crippen LogP) is 3.23. The average molecular weight is 434 g/mol. The van der Waals surface area contributed by atoms with Crippen molar-refractivity contribution in [1.29, 1.82) is 0 Å². The van der Waals surface area contributed by atoms with Crippen LogP contribution in [-0.2, 0) is 19.3 Å². The third-order valence-corrected chi connectivity index (χ3v) is 5.69. The summed E-state index contributed by atoms with van der Waals surface area (Å²) in [5.74, 6) is 1.46. The Morgan fingerprint density at radius 2 is 2.18 bits per heavy atom. The molecule has 124 valence electrons. The topological polar surface area (TPSA) is 54.5 Å². The fourth-order valence-corrected chi connectivity index (χ4v) is 4.42. The zero-order valence-corrected chi connectivity index (χ0v) is 16.5. The molecule has 1 saturated heterocycles. The van der Waals surface area contributed by atoms with Gasteiger partial charge in [-0.3, -0.25) is 4.99 Å². The molecule has 1 unspecified atom stereocenters. The van der Waals surface area contributed by atoms with Gasteiger partial charge in [-0.1, -0.05) is 6.92 Å². The molecular weight excluding hydrogens is 407 g/mol. The smallest absolute Gasteiger partial charge is 0.191 e. The molecule has 2 heterocycles. The summed E-state index contributed by atoms with van der Waals surface area (Å²) >= 11 is 1.89. The number of aliphatic imine (C=N–C) groups is 1. The molecule has 1 aliphatic heterocycles. The zero-order valence-electron chi connectivity index (χ0n) is 13.4. The normalized spacial score (nSPS) is 22.1. The van der Waals surface area contributed by atoms with Crippen LogP contribution in [0.5, 0.6) is 0 Å². The lowest BCUT2D eigenvalue weighted by Crippen LogP contribution is -2.43. The summed E-state index contributed by atoms with van der Waals surface area (Å²) in [5.41, 5.74) is 7.48. The van der Waals surface area contributed by atoms with E-state index >= 15 is 0 Å². The second-order valence-corrected chi connectivity index (χ2v) is 7.54. The van der Waals surface area contributed by atoms with E-state index in [1.54, 1.807) is 0 Å². The van der Waals surface area contributed by atoms with Gasteiger partial charge in [0.15, 0.2) is 5.96 Å². The maximum Gasteiger partial charge on any atom is 0.191 e. The average Bonchev–Trinajstić information content (AvgIpc) is 2.89. The van der Waals surface area contributed by atoms with E-state index in [0.717, 1.165) is 37.9 Å². The second-order valence-electron chi connectivity index (χ2n) is 6.37. The van der Waals surface area contributed by atoms with E-state index < -0.39 is 0 Å². The van der Waals surface area contributed by atoms with Gasteiger partial charge in [-0.15, -0.1) is 35.3 Å². The number of nitrogens with zero attached hydrogens (tertiary/aromatic N) is 3. The number of hydrogen-bond acceptors (Lipinski definition) is 3. The van der Waals surface area contributed by atoms with Crippen LogP contribution in [0.25, 0.3) is 0 Å². The minimum Gasteiger partial charge on any atom is -0.370 e. The minimum absolute atomic E-state index is 0. The van der Waals surface area contributed by atoms with Crippen molar-refractivity contribution in [2.24, 2.45) is 16.6 Å². The Hall–Kier alpha value is -0.370. The standard InChI is InChI=1S/C16H26N4S.HI/c1-12-5-4-10-20(11-12)16(17)18-9-8-15-19-13-6-2-3-7-14(13)21-15;/h12H,2-11H2,1H3,(H2,17,18);1H. The molecule has 1 aliphatic carbocycles. The van der Waals surface area contributed by atoms with Gasteiger partial charge in [0.25, 0.3) is 0 Å². The van der Waals surface area contributed by atoms with E-state index in [4.69, 9.17) is 10.7 Å². The maximum absolute atomic E-state index is 6.13. The third-order valence-electron chi connectivity index (χ3n) is 4.47. The fraction of sp³-hybridized carbons (Fsp3) is 0.750. The number of aromatic nitrogens is 1. The van der Waals surface area contributed by atoms with E-state index in [9.17, 15) is 0 Å². The molecule has 1 fully saturated rings. The first-order chi connectivity index (χ1) is 10.2. The number of likely N-dealkylation sites (tertiary alicyclic amines) is 1. The molecule has 22 heavy (non-hydrogen) atoms. The highest BCUT2D eigenvalue weighted by atomic mass is 127. The molecule has 2 N–H and O–H groups in total. The SMILES string of the molecule is CC1CCCN(C(N)=NCCc2nc3c(s2)CCCC3)C1.I. The van der Waals surface area contributed by atoms with Crippen molar-refractivity contribution in [1.82, 2.24) is 9.88 Å². The Balaban J connectivity index is 0.00000176. The molecule has 2 aliphatic rings. The van der Waals surface area contributed by atoms with Gasteiger partial charge in [-0.05, 0) is 44.4 Å². The lowest BCUT2D eigenvalue weighted by molar-refractivity contribution is 0.270. The molecule has 0 bridgehead atoms. The molecule has 0 spiro atoms. The van der Waals surface area contributed by atoms with Gasteiger partial charge in [0, 0.05) is 30.9 Å². The Bertz CT molecular complexity index is 491. The van der Waals surface area contributed by atoms with Crippen LogP contribution in [0.4, 0.5) is 0 Å². The number of guanidine groups is 1. The summed E-state index contributed by atoms with van der Waals surface area (Å²) in [6, 6.07) is 0. The largest absolute Gasteiger partial charge is 0.370 e. The van der Waals surface area contributed by atoms with Crippen molar-refractivity contribution in [3.05, 3.63) is 15.6 Å². The van der Waals surface area contributed by atoms with Crippen LogP contribution in [0, 0.1) is 5.92 Å². The molecule has 0 saturated carbocycles. The van der Waals surface area contributed by atoms with Gasteiger partial charge >= 0.3 is 0 Å². The highest BCUT2D eigenvalue weighted by molar-refractivity contribution is 14.0. The van der Waals surface area contributed by atoms with Gasteiger partial charge in [0.1, 0.15) is 0 Å². The molecule has 1 atom stereocenters. The third kappa shape index (κ3) is 4.57. The van der Waals surface area contributed by atoms with E-state index in [1.165, 1.54) is 54.1 Å². The first-order valence-electron chi connectivity index (χ1n) is 8.24. The Morgan fingerprint density at radius 3 is 2.95 bits per heavy atom. The summed E-state index contributed by atoms with van der Waals surface area (Å²) in [4.78, 5) is 13.1. The molecule has 1 aromatic rings. The van der Waals surface area contributed by atoms with Crippen molar-refractivity contribution < 1.29 is 0 Å². The lowest BCUT2D eigenvalue weighted by Gasteiger charge is -2.31. The van der Waals surface area contributed by atoms with Gasteiger partial charge in [-0.2, -0.15) is 0 Å². The first-order valence-corrected chi connectivity index (χ1v) is 9.06. The zero-order chi connectivity index (χ0) is 14.7. The highest BCUT2D eigenvalue weighted by Crippen LogP contribution is 2.26. The molecule has 0 aromatic carbocycles. The highest BCUT2D eigenvalue weighted by Gasteiger charge is 2.18. The van der Waals surface area contributed by atoms with Crippen molar-refractivity contribution in [2.45, 2.75) is 51.9 Å². The van der Waals surface area contributed by atoms with Gasteiger partial charge in [0.05, 0.1) is 10.7 Å². The van der Waals surface area contributed by atoms with Gasteiger partial charge in [-0.25, -0.2) is 4.98 Å². The van der Waals surface area contributed by atoms with E-state index in [1.807, 2.05) is 11.3 Å². The monoisotopic (exact) mass is 434 g/mol. The molecular formula is C16H27IN4S. The number of piperidine rings is 1. The Kier molecular flexibility index (Phi) is 6.92. The van der Waals surface area contributed by atoms with Crippen LogP contribution in [-0.4, -0.2) is 35.5 Å². The van der Waals surface area contributed by atoms with Gasteiger partial charge < -0.3 is 10.6 Å². The molecule has 6 heteroatoms. The summed E-state index contributed by atoms with van der Waals surface area (Å²) in [6.07, 6.45) is 8.50. The molecule has 4 nitrogen and oxygen atoms in total. The first kappa shape index (κ1) is 18.0. The van der Waals surface area contributed by atoms with E-state index in [-0.39, 0.29) is 24.0 Å². The van der Waals surface area contributed by atoms with Crippen molar-refractivity contribution in [2.75, 3.05) is 19.6 Å². The maximum atomic E-state index is 6.13. The molecule has 1 aromatic heterocycles. The summed E-state index contributed by atoms with van der Waals surface area (Å²) < 4.78 is 0. The Labute approximate surface area is 154 Å². The molecule has 0 amide bonds. The van der Waals surface area contributed by atoms with Crippen LogP contribution in [0.3, 0.4) is 0 Å². The van der Waals surface area contributed by atoms with Crippen LogP contribution in [0.15, 0.2) is 4.99 Å². The predicted molar refractivity (Wildman–Crippen MR) is 104 cm³/mol. The number of fused-ring (bicyclic) bond motifs is 1. The second kappa shape index (κ2) is 8.47. The van der Waals surface area contributed by atoms with Gasteiger partial charge in [0.2, 0.25) is 0 Å². The summed E-state index contributed by atoms with van der Waals surface area (Å²) in [6.45, 7) is 5.18. The summed E-state index contributed by atoms with van der Waals surface area (Å²) in [7, 11) is 0.